The van der Waals surface area contributed by atoms with Crippen molar-refractivity contribution in [2.24, 2.45) is 5.10 Å². The van der Waals surface area contributed by atoms with Crippen LogP contribution in [0.1, 0.15) is 39.2 Å². The van der Waals surface area contributed by atoms with E-state index in [0.717, 1.165) is 47.9 Å². The average Bonchev–Trinajstić information content (AvgIpc) is 2.91. The lowest BCUT2D eigenvalue weighted by Crippen LogP contribution is -2.21. The summed E-state index contributed by atoms with van der Waals surface area (Å²) in [5, 5.41) is 4.36. The Labute approximate surface area is 151 Å². The van der Waals surface area contributed by atoms with Crippen LogP contribution in [0.5, 0.6) is 0 Å². The highest BCUT2D eigenvalue weighted by Gasteiger charge is 2.26. The van der Waals surface area contributed by atoms with E-state index in [1.165, 1.54) is 11.3 Å². The first kappa shape index (κ1) is 17.6. The molecule has 1 amide bonds. The van der Waals surface area contributed by atoms with E-state index in [4.69, 9.17) is 0 Å². The predicted molar refractivity (Wildman–Crippen MR) is 101 cm³/mol. The molecular weight excluding hydrogens is 358 g/mol. The number of fused-ring (bicyclic) bond motifs is 1. The van der Waals surface area contributed by atoms with Crippen LogP contribution in [0, 0.1) is 0 Å². The number of carbonyl (C=O) groups excluding carboxylic acids is 1. The van der Waals surface area contributed by atoms with Crippen LogP contribution in [0.25, 0.3) is 0 Å². The molecule has 1 aromatic heterocycles. The van der Waals surface area contributed by atoms with Gasteiger partial charge in [-0.15, -0.1) is 11.3 Å². The van der Waals surface area contributed by atoms with Gasteiger partial charge < -0.3 is 0 Å². The molecule has 0 saturated carbocycles. The van der Waals surface area contributed by atoms with Crippen molar-refractivity contribution in [3.8, 4) is 0 Å². The Bertz CT molecular complexity index is 903. The third-order valence-corrected chi connectivity index (χ3v) is 5.77. The number of sulfonamides is 1. The minimum atomic E-state index is -3.45. The Morgan fingerprint density at radius 3 is 2.64 bits per heavy atom. The van der Waals surface area contributed by atoms with E-state index in [2.05, 4.69) is 15.2 Å². The third-order valence-electron chi connectivity index (χ3n) is 3.86. The highest BCUT2D eigenvalue weighted by atomic mass is 32.2. The molecule has 0 atom stereocenters. The number of amides is 1. The van der Waals surface area contributed by atoms with Crippen LogP contribution in [-0.4, -0.2) is 26.8 Å². The number of nitrogens with one attached hydrogen (secondary N) is 2. The van der Waals surface area contributed by atoms with Gasteiger partial charge in [0.1, 0.15) is 5.00 Å². The Kier molecular flexibility index (Phi) is 5.19. The number of hydrogen-bond acceptors (Lipinski definition) is 5. The molecule has 0 unspecified atom stereocenters. The summed E-state index contributed by atoms with van der Waals surface area (Å²) in [6.45, 7) is 0. The second kappa shape index (κ2) is 7.37. The minimum Gasteiger partial charge on any atom is -0.274 e. The van der Waals surface area contributed by atoms with Gasteiger partial charge in [-0.1, -0.05) is 30.3 Å². The van der Waals surface area contributed by atoms with Gasteiger partial charge in [-0.3, -0.25) is 9.52 Å². The topological polar surface area (TPSA) is 87.6 Å². The van der Waals surface area contributed by atoms with Crippen molar-refractivity contribution in [3.05, 3.63) is 51.9 Å². The van der Waals surface area contributed by atoms with Crippen LogP contribution in [0.15, 0.2) is 35.4 Å². The van der Waals surface area contributed by atoms with Gasteiger partial charge in [0.2, 0.25) is 10.0 Å². The lowest BCUT2D eigenvalue weighted by atomic mass is 9.95. The maximum atomic E-state index is 12.6. The van der Waals surface area contributed by atoms with Gasteiger partial charge in [-0.25, -0.2) is 13.8 Å². The predicted octanol–water partition coefficient (Wildman–Crippen LogP) is 2.76. The summed E-state index contributed by atoms with van der Waals surface area (Å²) in [4.78, 5) is 13.7. The average molecular weight is 377 g/mol. The number of benzene rings is 1. The molecule has 1 aromatic carbocycles. The molecule has 1 aliphatic carbocycles. The van der Waals surface area contributed by atoms with E-state index in [9.17, 15) is 13.2 Å². The summed E-state index contributed by atoms with van der Waals surface area (Å²) in [5.74, 6) is -0.391. The van der Waals surface area contributed by atoms with Crippen LogP contribution in [-0.2, 0) is 22.9 Å². The van der Waals surface area contributed by atoms with Crippen LogP contribution in [0.2, 0.25) is 0 Å². The van der Waals surface area contributed by atoms with E-state index in [1.54, 1.807) is 6.21 Å². The lowest BCUT2D eigenvalue weighted by Gasteiger charge is -2.12. The molecule has 0 spiro atoms. The molecule has 3 rings (SSSR count). The molecule has 2 aromatic rings. The first-order valence-electron chi connectivity index (χ1n) is 7.95. The summed E-state index contributed by atoms with van der Waals surface area (Å²) in [5.41, 5.74) is 4.72. The Balaban J connectivity index is 1.85. The Hall–Kier alpha value is -2.19. The van der Waals surface area contributed by atoms with Crippen molar-refractivity contribution in [2.45, 2.75) is 25.7 Å². The fourth-order valence-electron chi connectivity index (χ4n) is 2.81. The number of hydrogen-bond donors (Lipinski definition) is 2. The van der Waals surface area contributed by atoms with Crippen LogP contribution < -0.4 is 10.1 Å². The highest BCUT2D eigenvalue weighted by molar-refractivity contribution is 7.92. The van der Waals surface area contributed by atoms with Gasteiger partial charge in [0.05, 0.1) is 18.0 Å². The molecule has 0 saturated heterocycles. The van der Waals surface area contributed by atoms with Gasteiger partial charge >= 0.3 is 0 Å². The maximum Gasteiger partial charge on any atom is 0.274 e. The zero-order chi connectivity index (χ0) is 17.9. The highest BCUT2D eigenvalue weighted by Crippen LogP contribution is 2.38. The van der Waals surface area contributed by atoms with E-state index < -0.39 is 15.9 Å². The third kappa shape index (κ3) is 4.46. The van der Waals surface area contributed by atoms with Crippen molar-refractivity contribution in [3.63, 3.8) is 0 Å². The molecule has 25 heavy (non-hydrogen) atoms. The number of aryl methyl sites for hydroxylation is 1. The summed E-state index contributed by atoms with van der Waals surface area (Å²) in [6, 6.07) is 9.41. The quantitative estimate of drug-likeness (QED) is 0.620. The molecule has 8 heteroatoms. The number of thiophene rings is 1. The number of rotatable bonds is 5. The standard InChI is InChI=1S/C17H19N3O3S2/c1-25(22,23)20-17-15(13-9-5-6-10-14(13)24-17)16(21)19-18-11-12-7-3-2-4-8-12/h2-4,7-8,11,20H,5-6,9-10H2,1H3,(H,19,21). The minimum absolute atomic E-state index is 0.377. The first-order valence-corrected chi connectivity index (χ1v) is 10.7. The van der Waals surface area contributed by atoms with Crippen molar-refractivity contribution < 1.29 is 13.2 Å². The molecule has 0 fully saturated rings. The normalized spacial score (nSPS) is 14.3. The summed E-state index contributed by atoms with van der Waals surface area (Å²) in [6.07, 6.45) is 6.34. The van der Waals surface area contributed by atoms with Gasteiger partial charge in [-0.2, -0.15) is 5.10 Å². The first-order chi connectivity index (χ1) is 11.9. The van der Waals surface area contributed by atoms with Crippen LogP contribution in [0.3, 0.4) is 0 Å². The molecule has 0 bridgehead atoms. The number of carbonyl (C=O) groups is 1. The fraction of sp³-hybridized carbons (Fsp3) is 0.294. The van der Waals surface area contributed by atoms with Crippen LogP contribution >= 0.6 is 11.3 Å². The zero-order valence-electron chi connectivity index (χ0n) is 13.8. The van der Waals surface area contributed by atoms with E-state index in [0.29, 0.717) is 10.6 Å². The second-order valence-electron chi connectivity index (χ2n) is 5.90. The Morgan fingerprint density at radius 2 is 1.92 bits per heavy atom. The molecule has 132 valence electrons. The van der Waals surface area contributed by atoms with Gasteiger partial charge in [0.25, 0.3) is 5.91 Å². The largest absolute Gasteiger partial charge is 0.274 e. The van der Waals surface area contributed by atoms with E-state index >= 15 is 0 Å². The van der Waals surface area contributed by atoms with Gasteiger partial charge in [0.15, 0.2) is 0 Å². The van der Waals surface area contributed by atoms with Crippen molar-refractivity contribution in [2.75, 3.05) is 11.0 Å². The fourth-order valence-corrected chi connectivity index (χ4v) is 5.00. The SMILES string of the molecule is CS(=O)(=O)Nc1sc2c(c1C(=O)NN=Cc1ccccc1)CCCC2. The van der Waals surface area contributed by atoms with E-state index in [1.807, 2.05) is 30.3 Å². The van der Waals surface area contributed by atoms with Crippen molar-refractivity contribution >= 4 is 38.5 Å². The molecule has 0 radical (unpaired) electrons. The summed E-state index contributed by atoms with van der Waals surface area (Å²) < 4.78 is 25.7. The number of hydrazone groups is 1. The molecular formula is C17H19N3O3S2. The molecule has 2 N–H and O–H groups in total. The van der Waals surface area contributed by atoms with Gasteiger partial charge in [0, 0.05) is 4.88 Å². The van der Waals surface area contributed by atoms with Crippen molar-refractivity contribution in [1.29, 1.82) is 0 Å². The second-order valence-corrected chi connectivity index (χ2v) is 8.75. The smallest absolute Gasteiger partial charge is 0.274 e. The Morgan fingerprint density at radius 1 is 1.20 bits per heavy atom. The van der Waals surface area contributed by atoms with E-state index in [-0.39, 0.29) is 0 Å². The maximum absolute atomic E-state index is 12.6. The lowest BCUT2D eigenvalue weighted by molar-refractivity contribution is 0.0955. The zero-order valence-corrected chi connectivity index (χ0v) is 15.4. The molecule has 0 aliphatic heterocycles. The number of anilines is 1. The summed E-state index contributed by atoms with van der Waals surface area (Å²) in [7, 11) is -3.45. The van der Waals surface area contributed by atoms with Crippen molar-refractivity contribution in [1.82, 2.24) is 5.43 Å². The molecule has 1 aliphatic rings. The number of nitrogens with zero attached hydrogens (tertiary/aromatic N) is 1. The molecule has 6 nitrogen and oxygen atoms in total. The van der Waals surface area contributed by atoms with Crippen LogP contribution in [0.4, 0.5) is 5.00 Å². The molecule has 1 heterocycles. The summed E-state index contributed by atoms with van der Waals surface area (Å²) >= 11 is 1.34. The monoisotopic (exact) mass is 377 g/mol. The van der Waals surface area contributed by atoms with Gasteiger partial charge in [-0.05, 0) is 36.8 Å².